The standard InChI is InChI=1S/C15H22N2O4/c18-14(11-16-9-3-1-2-4-10-16)12-21-15-7-5-13(6-8-15)17(19)20/h5-8,14,18H,1-4,9-12H2. The van der Waals surface area contributed by atoms with Crippen molar-refractivity contribution in [1.29, 1.82) is 0 Å². The van der Waals surface area contributed by atoms with Crippen LogP contribution in [0.4, 0.5) is 5.69 Å². The molecule has 0 aromatic heterocycles. The molecule has 1 unspecified atom stereocenters. The maximum Gasteiger partial charge on any atom is 0.269 e. The van der Waals surface area contributed by atoms with Crippen molar-refractivity contribution in [2.24, 2.45) is 0 Å². The van der Waals surface area contributed by atoms with Gasteiger partial charge in [-0.25, -0.2) is 0 Å². The van der Waals surface area contributed by atoms with E-state index in [1.807, 2.05) is 0 Å². The van der Waals surface area contributed by atoms with Crippen LogP contribution in [0.15, 0.2) is 24.3 Å². The fourth-order valence-corrected chi connectivity index (χ4v) is 2.53. The van der Waals surface area contributed by atoms with E-state index < -0.39 is 11.0 Å². The average Bonchev–Trinajstić information content (AvgIpc) is 2.74. The number of non-ortho nitro benzene ring substituents is 1. The highest BCUT2D eigenvalue weighted by atomic mass is 16.6. The fourth-order valence-electron chi connectivity index (χ4n) is 2.53. The summed E-state index contributed by atoms with van der Waals surface area (Å²) in [5, 5.41) is 20.6. The number of nitro benzene ring substituents is 1. The molecule has 1 atom stereocenters. The molecule has 21 heavy (non-hydrogen) atoms. The highest BCUT2D eigenvalue weighted by Crippen LogP contribution is 2.17. The Balaban J connectivity index is 1.75. The van der Waals surface area contributed by atoms with Crippen LogP contribution in [0, 0.1) is 10.1 Å². The van der Waals surface area contributed by atoms with Gasteiger partial charge in [0.1, 0.15) is 18.5 Å². The SMILES string of the molecule is O=[N+]([O-])c1ccc(OCC(O)CN2CCCCCC2)cc1. The van der Waals surface area contributed by atoms with Gasteiger partial charge in [0, 0.05) is 18.7 Å². The molecule has 0 saturated carbocycles. The zero-order chi connectivity index (χ0) is 15.1. The second kappa shape index (κ2) is 7.95. The number of hydrogen-bond donors (Lipinski definition) is 1. The summed E-state index contributed by atoms with van der Waals surface area (Å²) in [6, 6.07) is 5.90. The Morgan fingerprint density at radius 2 is 1.81 bits per heavy atom. The molecular weight excluding hydrogens is 272 g/mol. The molecule has 1 saturated heterocycles. The number of aliphatic hydroxyl groups excluding tert-OH is 1. The van der Waals surface area contributed by atoms with Gasteiger partial charge in [-0.1, -0.05) is 12.8 Å². The van der Waals surface area contributed by atoms with Crippen LogP contribution in [0.25, 0.3) is 0 Å². The first-order chi connectivity index (χ1) is 10.1. The summed E-state index contributed by atoms with van der Waals surface area (Å²) in [6.45, 7) is 2.89. The molecule has 1 N–H and O–H groups in total. The van der Waals surface area contributed by atoms with Crippen LogP contribution in [0.3, 0.4) is 0 Å². The summed E-state index contributed by atoms with van der Waals surface area (Å²) < 4.78 is 5.48. The van der Waals surface area contributed by atoms with Crippen LogP contribution < -0.4 is 4.74 Å². The Morgan fingerprint density at radius 1 is 1.19 bits per heavy atom. The number of β-amino-alcohol motifs (C(OH)–C–C–N with tert-alkyl or cyclic N) is 1. The normalized spacial score (nSPS) is 18.0. The first kappa shape index (κ1) is 15.7. The maximum atomic E-state index is 10.5. The number of hydrogen-bond acceptors (Lipinski definition) is 5. The van der Waals surface area contributed by atoms with Crippen LogP contribution in [0.1, 0.15) is 25.7 Å². The Labute approximate surface area is 124 Å². The Kier molecular flexibility index (Phi) is 5.95. The predicted octanol–water partition coefficient (Wildman–Crippen LogP) is 2.21. The number of likely N-dealkylation sites (tertiary alicyclic amines) is 1. The molecule has 2 rings (SSSR count). The molecule has 1 aliphatic heterocycles. The number of rotatable bonds is 6. The van der Waals surface area contributed by atoms with Crippen molar-refractivity contribution in [3.8, 4) is 5.75 Å². The van der Waals surface area contributed by atoms with Gasteiger partial charge in [0.2, 0.25) is 0 Å². The van der Waals surface area contributed by atoms with E-state index in [-0.39, 0.29) is 12.3 Å². The monoisotopic (exact) mass is 294 g/mol. The van der Waals surface area contributed by atoms with Gasteiger partial charge in [-0.2, -0.15) is 0 Å². The van der Waals surface area contributed by atoms with E-state index in [1.165, 1.54) is 37.8 Å². The molecule has 6 heteroatoms. The first-order valence-electron chi connectivity index (χ1n) is 7.43. The van der Waals surface area contributed by atoms with E-state index in [2.05, 4.69) is 4.90 Å². The molecule has 1 fully saturated rings. The lowest BCUT2D eigenvalue weighted by Crippen LogP contribution is -2.36. The number of ether oxygens (including phenoxy) is 1. The lowest BCUT2D eigenvalue weighted by atomic mass is 10.2. The van der Waals surface area contributed by atoms with E-state index >= 15 is 0 Å². The molecule has 1 aliphatic rings. The van der Waals surface area contributed by atoms with Crippen molar-refractivity contribution in [2.75, 3.05) is 26.2 Å². The third-order valence-corrected chi connectivity index (χ3v) is 3.66. The molecular formula is C15H22N2O4. The highest BCUT2D eigenvalue weighted by molar-refractivity contribution is 5.35. The summed E-state index contributed by atoms with van der Waals surface area (Å²) in [7, 11) is 0. The zero-order valence-corrected chi connectivity index (χ0v) is 12.1. The fraction of sp³-hybridized carbons (Fsp3) is 0.600. The highest BCUT2D eigenvalue weighted by Gasteiger charge is 2.14. The molecule has 1 heterocycles. The first-order valence-corrected chi connectivity index (χ1v) is 7.43. The van der Waals surface area contributed by atoms with E-state index in [0.29, 0.717) is 12.3 Å². The molecule has 116 valence electrons. The molecule has 1 aromatic rings. The van der Waals surface area contributed by atoms with Gasteiger partial charge in [-0.05, 0) is 38.1 Å². The van der Waals surface area contributed by atoms with Gasteiger partial charge < -0.3 is 14.7 Å². The molecule has 6 nitrogen and oxygen atoms in total. The average molecular weight is 294 g/mol. The van der Waals surface area contributed by atoms with Crippen LogP contribution in [0.5, 0.6) is 5.75 Å². The second-order valence-electron chi connectivity index (χ2n) is 5.43. The largest absolute Gasteiger partial charge is 0.491 e. The lowest BCUT2D eigenvalue weighted by molar-refractivity contribution is -0.384. The molecule has 0 radical (unpaired) electrons. The van der Waals surface area contributed by atoms with E-state index in [1.54, 1.807) is 12.1 Å². The second-order valence-corrected chi connectivity index (χ2v) is 5.43. The van der Waals surface area contributed by atoms with Crippen LogP contribution in [-0.2, 0) is 0 Å². The Hall–Kier alpha value is -1.66. The minimum Gasteiger partial charge on any atom is -0.491 e. The van der Waals surface area contributed by atoms with Gasteiger partial charge in [-0.3, -0.25) is 10.1 Å². The minimum atomic E-state index is -0.543. The van der Waals surface area contributed by atoms with Crippen LogP contribution in [-0.4, -0.2) is 47.3 Å². The summed E-state index contributed by atoms with van der Waals surface area (Å²) in [5.74, 6) is 0.538. The van der Waals surface area contributed by atoms with Gasteiger partial charge in [-0.15, -0.1) is 0 Å². The summed E-state index contributed by atoms with van der Waals surface area (Å²) in [4.78, 5) is 12.4. The maximum absolute atomic E-state index is 10.5. The quantitative estimate of drug-likeness (QED) is 0.643. The molecule has 0 amide bonds. The van der Waals surface area contributed by atoms with Crippen LogP contribution >= 0.6 is 0 Å². The third kappa shape index (κ3) is 5.32. The Bertz CT molecular complexity index is 441. The summed E-state index contributed by atoms with van der Waals surface area (Å²) in [5.41, 5.74) is 0.0347. The van der Waals surface area contributed by atoms with Gasteiger partial charge >= 0.3 is 0 Å². The van der Waals surface area contributed by atoms with Crippen molar-refractivity contribution in [3.05, 3.63) is 34.4 Å². The van der Waals surface area contributed by atoms with Crippen LogP contribution in [0.2, 0.25) is 0 Å². The smallest absolute Gasteiger partial charge is 0.269 e. The lowest BCUT2D eigenvalue weighted by Gasteiger charge is -2.23. The van der Waals surface area contributed by atoms with Crippen molar-refractivity contribution in [2.45, 2.75) is 31.8 Å². The number of aliphatic hydroxyl groups is 1. The van der Waals surface area contributed by atoms with Crippen molar-refractivity contribution in [1.82, 2.24) is 4.90 Å². The minimum absolute atomic E-state index is 0.0347. The zero-order valence-electron chi connectivity index (χ0n) is 12.1. The third-order valence-electron chi connectivity index (χ3n) is 3.66. The molecule has 0 bridgehead atoms. The molecule has 0 aliphatic carbocycles. The van der Waals surface area contributed by atoms with E-state index in [9.17, 15) is 15.2 Å². The summed E-state index contributed by atoms with van der Waals surface area (Å²) in [6.07, 6.45) is 4.38. The number of nitrogens with zero attached hydrogens (tertiary/aromatic N) is 2. The van der Waals surface area contributed by atoms with E-state index in [0.717, 1.165) is 13.1 Å². The topological polar surface area (TPSA) is 75.8 Å². The number of benzene rings is 1. The van der Waals surface area contributed by atoms with E-state index in [4.69, 9.17) is 4.74 Å². The van der Waals surface area contributed by atoms with Gasteiger partial charge in [0.15, 0.2) is 0 Å². The van der Waals surface area contributed by atoms with Crippen molar-refractivity contribution in [3.63, 3.8) is 0 Å². The van der Waals surface area contributed by atoms with Crippen molar-refractivity contribution >= 4 is 5.69 Å². The summed E-state index contributed by atoms with van der Waals surface area (Å²) >= 11 is 0. The predicted molar refractivity (Wildman–Crippen MR) is 79.5 cm³/mol. The number of nitro groups is 1. The van der Waals surface area contributed by atoms with Gasteiger partial charge in [0.05, 0.1) is 4.92 Å². The molecule has 0 spiro atoms. The molecule has 1 aromatic carbocycles. The Morgan fingerprint density at radius 3 is 2.38 bits per heavy atom. The van der Waals surface area contributed by atoms with Crippen molar-refractivity contribution < 1.29 is 14.8 Å². The van der Waals surface area contributed by atoms with Gasteiger partial charge in [0.25, 0.3) is 5.69 Å².